The van der Waals surface area contributed by atoms with E-state index in [0.29, 0.717) is 18.0 Å². The van der Waals surface area contributed by atoms with E-state index in [-0.39, 0.29) is 0 Å². The van der Waals surface area contributed by atoms with Crippen LogP contribution in [0.15, 0.2) is 30.3 Å². The standard InChI is InChI=1S/C18H30N2O/c1-4-19-17-11-10-16(15-8-6-5-7-9-15)14-18(17)20(2)12-13-21-3/h5-9,16-19H,4,10-14H2,1-3H3. The van der Waals surface area contributed by atoms with Gasteiger partial charge >= 0.3 is 0 Å². The predicted molar refractivity (Wildman–Crippen MR) is 88.8 cm³/mol. The second-order valence-corrected chi connectivity index (χ2v) is 6.13. The summed E-state index contributed by atoms with van der Waals surface area (Å²) in [6.45, 7) is 5.07. The number of benzene rings is 1. The zero-order chi connectivity index (χ0) is 15.1. The Balaban J connectivity index is 2.04. The molecule has 0 amide bonds. The SMILES string of the molecule is CCNC1CCC(c2ccccc2)CC1N(C)CCOC. The molecule has 3 heteroatoms. The van der Waals surface area contributed by atoms with Crippen molar-refractivity contribution in [2.45, 2.75) is 44.2 Å². The number of likely N-dealkylation sites (N-methyl/N-ethyl adjacent to an activating group) is 2. The van der Waals surface area contributed by atoms with E-state index >= 15 is 0 Å². The van der Waals surface area contributed by atoms with Crippen molar-refractivity contribution in [2.75, 3.05) is 33.9 Å². The molecule has 2 rings (SSSR count). The lowest BCUT2D eigenvalue weighted by Crippen LogP contribution is -2.52. The van der Waals surface area contributed by atoms with Crippen LogP contribution in [-0.2, 0) is 4.74 Å². The maximum absolute atomic E-state index is 5.25. The van der Waals surface area contributed by atoms with Crippen LogP contribution in [0.4, 0.5) is 0 Å². The lowest BCUT2D eigenvalue weighted by Gasteiger charge is -2.41. The molecule has 0 saturated heterocycles. The fraction of sp³-hybridized carbons (Fsp3) is 0.667. The van der Waals surface area contributed by atoms with Crippen LogP contribution in [0.5, 0.6) is 0 Å². The highest BCUT2D eigenvalue weighted by Gasteiger charge is 2.32. The second-order valence-electron chi connectivity index (χ2n) is 6.13. The van der Waals surface area contributed by atoms with E-state index in [2.05, 4.69) is 54.5 Å². The molecule has 0 radical (unpaired) electrons. The van der Waals surface area contributed by atoms with E-state index in [1.54, 1.807) is 7.11 Å². The van der Waals surface area contributed by atoms with Gasteiger partial charge in [0.1, 0.15) is 0 Å². The lowest BCUT2D eigenvalue weighted by atomic mass is 9.78. The molecule has 0 heterocycles. The van der Waals surface area contributed by atoms with Crippen molar-refractivity contribution in [1.29, 1.82) is 0 Å². The molecule has 0 bridgehead atoms. The molecule has 0 spiro atoms. The van der Waals surface area contributed by atoms with Gasteiger partial charge in [-0.1, -0.05) is 37.3 Å². The molecule has 3 atom stereocenters. The molecule has 1 fully saturated rings. The van der Waals surface area contributed by atoms with Gasteiger partial charge in [0.25, 0.3) is 0 Å². The number of nitrogens with one attached hydrogen (secondary N) is 1. The summed E-state index contributed by atoms with van der Waals surface area (Å²) in [4.78, 5) is 2.48. The van der Waals surface area contributed by atoms with Crippen LogP contribution in [-0.4, -0.2) is 50.8 Å². The van der Waals surface area contributed by atoms with Crippen molar-refractivity contribution in [3.63, 3.8) is 0 Å². The van der Waals surface area contributed by atoms with Gasteiger partial charge in [-0.05, 0) is 44.3 Å². The summed E-state index contributed by atoms with van der Waals surface area (Å²) in [5, 5.41) is 3.68. The lowest BCUT2D eigenvalue weighted by molar-refractivity contribution is 0.0987. The summed E-state index contributed by atoms with van der Waals surface area (Å²) in [6, 6.07) is 12.2. The molecular weight excluding hydrogens is 260 g/mol. The minimum Gasteiger partial charge on any atom is -0.383 e. The van der Waals surface area contributed by atoms with E-state index in [9.17, 15) is 0 Å². The number of hydrogen-bond acceptors (Lipinski definition) is 3. The quantitative estimate of drug-likeness (QED) is 0.835. The van der Waals surface area contributed by atoms with Gasteiger partial charge in [-0.2, -0.15) is 0 Å². The van der Waals surface area contributed by atoms with Crippen LogP contribution in [0.2, 0.25) is 0 Å². The van der Waals surface area contributed by atoms with Crippen LogP contribution >= 0.6 is 0 Å². The van der Waals surface area contributed by atoms with Crippen LogP contribution < -0.4 is 5.32 Å². The normalized spacial score (nSPS) is 26.2. The van der Waals surface area contributed by atoms with Gasteiger partial charge in [0.15, 0.2) is 0 Å². The smallest absolute Gasteiger partial charge is 0.0589 e. The maximum Gasteiger partial charge on any atom is 0.0589 e. The highest BCUT2D eigenvalue weighted by atomic mass is 16.5. The summed E-state index contributed by atoms with van der Waals surface area (Å²) in [5.74, 6) is 0.691. The fourth-order valence-corrected chi connectivity index (χ4v) is 3.56. The molecule has 1 saturated carbocycles. The number of hydrogen-bond donors (Lipinski definition) is 1. The van der Waals surface area contributed by atoms with Gasteiger partial charge in [0.05, 0.1) is 6.61 Å². The van der Waals surface area contributed by atoms with Gasteiger partial charge in [0, 0.05) is 25.7 Å². The number of nitrogens with zero attached hydrogens (tertiary/aromatic N) is 1. The summed E-state index contributed by atoms with van der Waals surface area (Å²) >= 11 is 0. The van der Waals surface area contributed by atoms with E-state index in [4.69, 9.17) is 4.74 Å². The maximum atomic E-state index is 5.25. The van der Waals surface area contributed by atoms with Gasteiger partial charge < -0.3 is 10.1 Å². The van der Waals surface area contributed by atoms with Crippen molar-refractivity contribution in [1.82, 2.24) is 10.2 Å². The Kier molecular flexibility index (Phi) is 6.68. The number of rotatable bonds is 7. The van der Waals surface area contributed by atoms with Crippen LogP contribution in [0.3, 0.4) is 0 Å². The summed E-state index contributed by atoms with van der Waals surface area (Å²) in [7, 11) is 4.02. The first kappa shape index (κ1) is 16.5. The van der Waals surface area contributed by atoms with E-state index in [1.807, 2.05) is 0 Å². The molecule has 1 aliphatic rings. The second kappa shape index (κ2) is 8.52. The molecule has 1 aliphatic carbocycles. The van der Waals surface area contributed by atoms with Gasteiger partial charge in [0.2, 0.25) is 0 Å². The Morgan fingerprint density at radius 1 is 1.24 bits per heavy atom. The largest absolute Gasteiger partial charge is 0.383 e. The Hall–Kier alpha value is -0.900. The highest BCUT2D eigenvalue weighted by molar-refractivity contribution is 5.21. The van der Waals surface area contributed by atoms with Crippen molar-refractivity contribution >= 4 is 0 Å². The first-order valence-corrected chi connectivity index (χ1v) is 8.23. The van der Waals surface area contributed by atoms with E-state index in [1.165, 1.54) is 24.8 Å². The Labute approximate surface area is 129 Å². The zero-order valence-electron chi connectivity index (χ0n) is 13.7. The summed E-state index contributed by atoms with van der Waals surface area (Å²) < 4.78 is 5.25. The summed E-state index contributed by atoms with van der Waals surface area (Å²) in [6.07, 6.45) is 3.79. The number of methoxy groups -OCH3 is 1. The number of ether oxygens (including phenoxy) is 1. The highest BCUT2D eigenvalue weighted by Crippen LogP contribution is 2.34. The molecule has 1 aromatic rings. The molecule has 3 unspecified atom stereocenters. The fourth-order valence-electron chi connectivity index (χ4n) is 3.56. The molecule has 21 heavy (non-hydrogen) atoms. The van der Waals surface area contributed by atoms with E-state index in [0.717, 1.165) is 19.7 Å². The first-order valence-electron chi connectivity index (χ1n) is 8.23. The summed E-state index contributed by atoms with van der Waals surface area (Å²) in [5.41, 5.74) is 1.50. The average molecular weight is 290 g/mol. The van der Waals surface area contributed by atoms with Gasteiger partial charge in [-0.25, -0.2) is 0 Å². The topological polar surface area (TPSA) is 24.5 Å². The van der Waals surface area contributed by atoms with Crippen molar-refractivity contribution in [3.8, 4) is 0 Å². The zero-order valence-corrected chi connectivity index (χ0v) is 13.7. The molecule has 1 aromatic carbocycles. The Morgan fingerprint density at radius 2 is 2.00 bits per heavy atom. The van der Waals surface area contributed by atoms with Crippen LogP contribution in [0, 0.1) is 0 Å². The minimum absolute atomic E-state index is 0.596. The van der Waals surface area contributed by atoms with Crippen molar-refractivity contribution in [2.24, 2.45) is 0 Å². The molecule has 1 N–H and O–H groups in total. The molecular formula is C18H30N2O. The van der Waals surface area contributed by atoms with Gasteiger partial charge in [-0.3, -0.25) is 4.90 Å². The third-order valence-corrected chi connectivity index (χ3v) is 4.77. The molecule has 0 aliphatic heterocycles. The average Bonchev–Trinajstić information content (AvgIpc) is 2.54. The minimum atomic E-state index is 0.596. The van der Waals surface area contributed by atoms with Crippen LogP contribution in [0.1, 0.15) is 37.7 Å². The van der Waals surface area contributed by atoms with Crippen molar-refractivity contribution in [3.05, 3.63) is 35.9 Å². The first-order chi connectivity index (χ1) is 10.3. The molecule has 3 nitrogen and oxygen atoms in total. The predicted octanol–water partition coefficient (Wildman–Crippen LogP) is 2.88. The van der Waals surface area contributed by atoms with E-state index < -0.39 is 0 Å². The Bertz CT molecular complexity index is 395. The molecule has 0 aromatic heterocycles. The third kappa shape index (κ3) is 4.53. The monoisotopic (exact) mass is 290 g/mol. The molecule has 118 valence electrons. The van der Waals surface area contributed by atoms with Crippen LogP contribution in [0.25, 0.3) is 0 Å². The van der Waals surface area contributed by atoms with Gasteiger partial charge in [-0.15, -0.1) is 0 Å². The Morgan fingerprint density at radius 3 is 2.67 bits per heavy atom. The third-order valence-electron chi connectivity index (χ3n) is 4.77. The van der Waals surface area contributed by atoms with Crippen molar-refractivity contribution < 1.29 is 4.74 Å².